The lowest BCUT2D eigenvalue weighted by atomic mass is 10.2. The minimum absolute atomic E-state index is 0.0779. The van der Waals surface area contributed by atoms with Crippen molar-refractivity contribution in [2.75, 3.05) is 25.1 Å². The van der Waals surface area contributed by atoms with Gasteiger partial charge >= 0.3 is 5.97 Å². The molecule has 0 unspecified atom stereocenters. The molecule has 0 fully saturated rings. The molecule has 0 heterocycles. The molecule has 0 saturated heterocycles. The Bertz CT molecular complexity index is 463. The van der Waals surface area contributed by atoms with Crippen LogP contribution in [0.5, 0.6) is 0 Å². The number of anilines is 1. The van der Waals surface area contributed by atoms with Crippen LogP contribution >= 0.6 is 11.8 Å². The molecule has 6 heteroatoms. The summed E-state index contributed by atoms with van der Waals surface area (Å²) < 4.78 is 4.70. The van der Waals surface area contributed by atoms with Crippen LogP contribution in [0.1, 0.15) is 23.7 Å². The Morgan fingerprint density at radius 3 is 2.79 bits per heavy atom. The second-order valence-electron chi connectivity index (χ2n) is 3.85. The molecule has 0 saturated carbocycles. The van der Waals surface area contributed by atoms with Gasteiger partial charge in [0.2, 0.25) is 5.91 Å². The van der Waals surface area contributed by atoms with Crippen LogP contribution in [0.4, 0.5) is 5.69 Å². The van der Waals surface area contributed by atoms with Gasteiger partial charge in [-0.2, -0.15) is 0 Å². The maximum Gasteiger partial charge on any atom is 0.339 e. The second kappa shape index (κ2) is 7.68. The zero-order valence-electron chi connectivity index (χ0n) is 11.1. The van der Waals surface area contributed by atoms with Gasteiger partial charge in [-0.3, -0.25) is 4.79 Å². The van der Waals surface area contributed by atoms with E-state index >= 15 is 0 Å². The third-order valence-electron chi connectivity index (χ3n) is 2.37. The van der Waals surface area contributed by atoms with Gasteiger partial charge in [-0.1, -0.05) is 13.0 Å². The molecule has 0 bridgehead atoms. The average Bonchev–Trinajstić information content (AvgIpc) is 2.42. The molecular weight excluding hydrogens is 264 g/mol. The van der Waals surface area contributed by atoms with E-state index in [1.165, 1.54) is 18.9 Å². The van der Waals surface area contributed by atoms with Gasteiger partial charge in [-0.05, 0) is 18.6 Å². The number of thioether (sulfide) groups is 1. The smallest absolute Gasteiger partial charge is 0.339 e. The Labute approximate surface area is 116 Å². The summed E-state index contributed by atoms with van der Waals surface area (Å²) in [5.41, 5.74) is 6.69. The summed E-state index contributed by atoms with van der Waals surface area (Å²) in [6.45, 7) is 2.63. The summed E-state index contributed by atoms with van der Waals surface area (Å²) in [7, 11) is 1.31. The van der Waals surface area contributed by atoms with Crippen molar-refractivity contribution in [3.63, 3.8) is 0 Å². The van der Waals surface area contributed by atoms with Gasteiger partial charge in [0.1, 0.15) is 0 Å². The predicted molar refractivity (Wildman–Crippen MR) is 76.2 cm³/mol. The second-order valence-corrected chi connectivity index (χ2v) is 4.84. The van der Waals surface area contributed by atoms with Gasteiger partial charge in [0.15, 0.2) is 0 Å². The van der Waals surface area contributed by atoms with E-state index in [1.807, 2.05) is 6.92 Å². The minimum Gasteiger partial charge on any atom is -0.465 e. The monoisotopic (exact) mass is 282 g/mol. The summed E-state index contributed by atoms with van der Waals surface area (Å²) in [5, 5.41) is 2.77. The first kappa shape index (κ1) is 15.4. The first-order valence-electron chi connectivity index (χ1n) is 5.96. The molecule has 0 aliphatic heterocycles. The van der Waals surface area contributed by atoms with E-state index in [4.69, 9.17) is 10.5 Å². The Morgan fingerprint density at radius 2 is 2.16 bits per heavy atom. The molecular formula is C13H18N2O3S. The molecule has 0 radical (unpaired) electrons. The van der Waals surface area contributed by atoms with Crippen molar-refractivity contribution in [3.05, 3.63) is 23.8 Å². The predicted octanol–water partition coefficient (Wildman–Crippen LogP) is 1.67. The van der Waals surface area contributed by atoms with Crippen LogP contribution in [0.3, 0.4) is 0 Å². The number of esters is 1. The fraction of sp³-hybridized carbons (Fsp3) is 0.385. The quantitative estimate of drug-likeness (QED) is 0.471. The van der Waals surface area contributed by atoms with Crippen LogP contribution in [0.2, 0.25) is 0 Å². The molecule has 3 N–H and O–H groups in total. The number of benzene rings is 1. The normalized spacial score (nSPS) is 10.0. The highest BCUT2D eigenvalue weighted by atomic mass is 32.2. The first-order chi connectivity index (χ1) is 9.10. The SMILES string of the molecule is CCCNC(=O)CSc1c(N)cccc1C(=O)OC. The van der Waals surface area contributed by atoms with Crippen LogP contribution in [0.15, 0.2) is 23.1 Å². The standard InChI is InChI=1S/C13H18N2O3S/c1-3-7-15-11(16)8-19-12-9(13(17)18-2)5-4-6-10(12)14/h4-6H,3,7-8,14H2,1-2H3,(H,15,16). The van der Waals surface area contributed by atoms with E-state index in [2.05, 4.69) is 5.32 Å². The topological polar surface area (TPSA) is 81.4 Å². The number of methoxy groups -OCH3 is 1. The van der Waals surface area contributed by atoms with Crippen LogP contribution in [0.25, 0.3) is 0 Å². The lowest BCUT2D eigenvalue weighted by Crippen LogP contribution is -2.25. The highest BCUT2D eigenvalue weighted by Crippen LogP contribution is 2.29. The molecule has 5 nitrogen and oxygen atoms in total. The van der Waals surface area contributed by atoms with Crippen LogP contribution in [-0.4, -0.2) is 31.3 Å². The summed E-state index contributed by atoms with van der Waals surface area (Å²) >= 11 is 1.24. The zero-order chi connectivity index (χ0) is 14.3. The third kappa shape index (κ3) is 4.48. The molecule has 0 aromatic heterocycles. The number of carbonyl (C=O) groups is 2. The number of carbonyl (C=O) groups excluding carboxylic acids is 2. The summed E-state index contributed by atoms with van der Waals surface area (Å²) in [5.74, 6) is -0.312. The number of rotatable bonds is 6. The van der Waals surface area contributed by atoms with Gasteiger partial charge in [0.05, 0.1) is 18.4 Å². The number of hydrogen-bond donors (Lipinski definition) is 2. The number of nitrogens with two attached hydrogens (primary N) is 1. The summed E-state index contributed by atoms with van der Waals surface area (Å²) in [6.07, 6.45) is 0.886. The lowest BCUT2D eigenvalue weighted by molar-refractivity contribution is -0.118. The van der Waals surface area contributed by atoms with Crippen molar-refractivity contribution in [1.82, 2.24) is 5.32 Å². The van der Waals surface area contributed by atoms with E-state index in [9.17, 15) is 9.59 Å². The van der Waals surface area contributed by atoms with Gasteiger partial charge in [0.25, 0.3) is 0 Å². The fourth-order valence-electron chi connectivity index (χ4n) is 1.44. The molecule has 1 aromatic carbocycles. The van der Waals surface area contributed by atoms with Gasteiger partial charge < -0.3 is 15.8 Å². The zero-order valence-corrected chi connectivity index (χ0v) is 11.9. The highest BCUT2D eigenvalue weighted by Gasteiger charge is 2.15. The third-order valence-corrected chi connectivity index (χ3v) is 3.52. The fourth-order valence-corrected chi connectivity index (χ4v) is 2.36. The van der Waals surface area contributed by atoms with Crippen LogP contribution in [-0.2, 0) is 9.53 Å². The minimum atomic E-state index is -0.455. The van der Waals surface area contributed by atoms with Crippen molar-refractivity contribution in [2.45, 2.75) is 18.2 Å². The number of amides is 1. The van der Waals surface area contributed by atoms with Crippen molar-refractivity contribution in [1.29, 1.82) is 0 Å². The van der Waals surface area contributed by atoms with Gasteiger partial charge in [0, 0.05) is 17.1 Å². The molecule has 0 aliphatic rings. The van der Waals surface area contributed by atoms with E-state index in [0.717, 1.165) is 6.42 Å². The van der Waals surface area contributed by atoms with Crippen LogP contribution in [0, 0.1) is 0 Å². The van der Waals surface area contributed by atoms with Crippen molar-refractivity contribution < 1.29 is 14.3 Å². The molecule has 104 valence electrons. The van der Waals surface area contributed by atoms with Crippen molar-refractivity contribution in [3.8, 4) is 0 Å². The van der Waals surface area contributed by atoms with E-state index < -0.39 is 5.97 Å². The van der Waals surface area contributed by atoms with Gasteiger partial charge in [-0.25, -0.2) is 4.79 Å². The summed E-state index contributed by atoms with van der Waals surface area (Å²) in [4.78, 5) is 23.7. The van der Waals surface area contributed by atoms with E-state index in [0.29, 0.717) is 22.7 Å². The van der Waals surface area contributed by atoms with E-state index in [1.54, 1.807) is 18.2 Å². The Kier molecular flexibility index (Phi) is 6.21. The van der Waals surface area contributed by atoms with Crippen LogP contribution < -0.4 is 11.1 Å². The number of ether oxygens (including phenoxy) is 1. The maximum atomic E-state index is 11.6. The molecule has 0 atom stereocenters. The number of nitrogen functional groups attached to an aromatic ring is 1. The number of nitrogens with one attached hydrogen (secondary N) is 1. The van der Waals surface area contributed by atoms with Gasteiger partial charge in [-0.15, -0.1) is 11.8 Å². The maximum absolute atomic E-state index is 11.6. The number of hydrogen-bond acceptors (Lipinski definition) is 5. The molecule has 0 spiro atoms. The molecule has 1 rings (SSSR count). The van der Waals surface area contributed by atoms with Crippen molar-refractivity contribution >= 4 is 29.3 Å². The highest BCUT2D eigenvalue weighted by molar-refractivity contribution is 8.00. The van der Waals surface area contributed by atoms with E-state index in [-0.39, 0.29) is 11.7 Å². The average molecular weight is 282 g/mol. The Hall–Kier alpha value is -1.69. The Morgan fingerprint density at radius 1 is 1.42 bits per heavy atom. The summed E-state index contributed by atoms with van der Waals surface area (Å²) in [6, 6.07) is 5.01. The molecule has 0 aliphatic carbocycles. The Balaban J connectivity index is 2.77. The largest absolute Gasteiger partial charge is 0.465 e. The molecule has 1 amide bonds. The lowest BCUT2D eigenvalue weighted by Gasteiger charge is -2.10. The van der Waals surface area contributed by atoms with Crippen molar-refractivity contribution in [2.24, 2.45) is 0 Å². The molecule has 1 aromatic rings. The first-order valence-corrected chi connectivity index (χ1v) is 6.95. The molecule has 19 heavy (non-hydrogen) atoms.